The van der Waals surface area contributed by atoms with E-state index < -0.39 is 51.1 Å². The fourth-order valence-electron chi connectivity index (χ4n) is 14.0. The van der Waals surface area contributed by atoms with Crippen molar-refractivity contribution in [2.75, 3.05) is 137 Å². The minimum absolute atomic E-state index is 0.0306. The number of amides is 3. The number of rotatable bonds is 26. The van der Waals surface area contributed by atoms with Crippen molar-refractivity contribution < 1.29 is 85.9 Å². The molecule has 4 fully saturated rings. The molecule has 0 spiro atoms. The molecule has 38 heteroatoms. The van der Waals surface area contributed by atoms with E-state index in [2.05, 4.69) is 54.9 Å². The van der Waals surface area contributed by atoms with Gasteiger partial charge in [-0.1, -0.05) is 48.0 Å². The second-order valence-corrected chi connectivity index (χ2v) is 31.7. The van der Waals surface area contributed by atoms with Crippen LogP contribution in [0.2, 0.25) is 5.02 Å². The third-order valence-electron chi connectivity index (χ3n) is 21.0. The Hall–Kier alpha value is -11.6. The fraction of sp³-hybridized carbons (Fsp3) is 0.373. The highest BCUT2D eigenvalue weighted by molar-refractivity contribution is 7.89. The van der Waals surface area contributed by atoms with Gasteiger partial charge < -0.3 is 52.6 Å². The van der Waals surface area contributed by atoms with Crippen molar-refractivity contribution in [3.8, 4) is 5.75 Å². The highest BCUT2D eigenvalue weighted by Gasteiger charge is 2.33. The first kappa shape index (κ1) is 88.7. The number of alkyl halides is 6. The Morgan fingerprint density at radius 2 is 0.777 bits per heavy atom. The maximum absolute atomic E-state index is 12.7. The fourth-order valence-corrected chi connectivity index (χ4v) is 15.6. The van der Waals surface area contributed by atoms with Gasteiger partial charge in [-0.25, -0.2) is 32.4 Å². The van der Waals surface area contributed by atoms with E-state index in [0.717, 1.165) is 50.4 Å². The third kappa shape index (κ3) is 26.0. The molecule has 15 rings (SSSR count). The van der Waals surface area contributed by atoms with Crippen LogP contribution in [0.3, 0.4) is 0 Å². The predicted molar refractivity (Wildman–Crippen MR) is 436 cm³/mol. The molecule has 4 aliphatic heterocycles. The molecule has 6 N–H and O–H groups in total. The number of carbonyl (C=O) groups excluding carboxylic acids is 6. The van der Waals surface area contributed by atoms with Crippen molar-refractivity contribution in [2.45, 2.75) is 64.0 Å². The third-order valence-corrected chi connectivity index (χ3v) is 23.1. The van der Waals surface area contributed by atoms with Crippen molar-refractivity contribution >= 4 is 101 Å². The molecule has 0 bridgehead atoms. The summed E-state index contributed by atoms with van der Waals surface area (Å²) in [6, 6.07) is 36.8. The molecule has 121 heavy (non-hydrogen) atoms. The Labute approximate surface area is 691 Å². The predicted octanol–water partition coefficient (Wildman–Crippen LogP) is 9.75. The summed E-state index contributed by atoms with van der Waals surface area (Å²) in [6.45, 7) is 13.1. The monoisotopic (exact) mass is 1720 g/mol. The Morgan fingerprint density at radius 1 is 0.421 bits per heavy atom. The van der Waals surface area contributed by atoms with Crippen LogP contribution < -0.4 is 38.4 Å². The quantitative estimate of drug-likeness (QED) is 0.0217. The molecular weight excluding hydrogens is 1630 g/mol. The number of aromatic nitrogens is 4. The highest BCUT2D eigenvalue weighted by atomic mass is 35.5. The van der Waals surface area contributed by atoms with Crippen molar-refractivity contribution in [3.05, 3.63) is 237 Å². The molecule has 8 heterocycles. The number of Topliss-reactive ketones (excluding diaryl/α,β-unsaturated/α-hetero) is 4. The Kier molecular flexibility index (Phi) is 29.8. The lowest BCUT2D eigenvalue weighted by Gasteiger charge is -2.34. The number of halogens is 7. The molecule has 642 valence electrons. The van der Waals surface area contributed by atoms with Crippen LogP contribution in [-0.4, -0.2) is 240 Å². The summed E-state index contributed by atoms with van der Waals surface area (Å²) in [6.07, 6.45) is -6.65. The van der Waals surface area contributed by atoms with E-state index in [0.29, 0.717) is 219 Å². The summed E-state index contributed by atoms with van der Waals surface area (Å²) >= 11 is 5.87. The zero-order valence-corrected chi connectivity index (χ0v) is 67.1. The number of nitrogens with zero attached hydrogens (tertiary/aromatic N) is 7. The number of piperazine rings is 4. The zero-order chi connectivity index (χ0) is 86.0. The van der Waals surface area contributed by atoms with E-state index >= 15 is 0 Å². The Morgan fingerprint density at radius 3 is 1.17 bits per heavy atom. The van der Waals surface area contributed by atoms with Crippen LogP contribution in [0, 0.1) is 0 Å². The van der Waals surface area contributed by atoms with E-state index in [9.17, 15) is 82.7 Å². The van der Waals surface area contributed by atoms with Crippen LogP contribution in [0.4, 0.5) is 31.1 Å². The molecule has 4 aromatic heterocycles. The van der Waals surface area contributed by atoms with Gasteiger partial charge in [0.15, 0.2) is 45.5 Å². The number of hydrogen-bond donors (Lipinski definition) is 6. The van der Waals surface area contributed by atoms with Gasteiger partial charge in [0, 0.05) is 197 Å². The summed E-state index contributed by atoms with van der Waals surface area (Å²) in [5.41, 5.74) is 7.33. The van der Waals surface area contributed by atoms with Crippen LogP contribution >= 0.6 is 11.6 Å². The molecule has 0 unspecified atom stereocenters. The van der Waals surface area contributed by atoms with Gasteiger partial charge in [-0.05, 0) is 139 Å². The van der Waals surface area contributed by atoms with Gasteiger partial charge in [0.05, 0.1) is 33.4 Å². The molecule has 0 saturated carbocycles. The average molecular weight is 1720 g/mol. The summed E-state index contributed by atoms with van der Waals surface area (Å²) in [7, 11) is -3.34. The van der Waals surface area contributed by atoms with Crippen molar-refractivity contribution in [2.24, 2.45) is 0 Å². The number of hydrogen-bond acceptors (Lipinski definition) is 22. The van der Waals surface area contributed by atoms with Gasteiger partial charge in [-0.2, -0.15) is 17.5 Å². The SMILES string of the molecule is O=C(CCN1CCN(C(=O)CCc2ccc(C(F)(F)F)cc2)CC1)c1ccc2[nH]c(=O)oc2c1.O=C(CCN1CCN(C(=O)NCc2ccc(OC(F)(F)F)cc2)CC1)c1ccc2[nH]c(=O)oc2c1.O=C(CCN1CCN(S(=O)(=O)CCc2ccc(Cl)cc2)CC1)c1ccc2[nH]c(=O)oc2c1.O=C(CCN1CCNCC1)c1ccc2[nH]c(=O)oc2c1. The zero-order valence-electron chi connectivity index (χ0n) is 65.5. The second kappa shape index (κ2) is 40.7. The number of aromatic amines is 4. The molecule has 4 aliphatic rings. The number of aryl methyl sites for hydroxylation is 2. The van der Waals surface area contributed by atoms with E-state index in [-0.39, 0.29) is 59.5 Å². The van der Waals surface area contributed by atoms with Gasteiger partial charge >= 0.3 is 41.6 Å². The number of carbonyl (C=O) groups is 6. The van der Waals surface area contributed by atoms with E-state index in [1.165, 1.54) is 40.7 Å². The first-order chi connectivity index (χ1) is 57.9. The van der Waals surface area contributed by atoms with Gasteiger partial charge in [0.2, 0.25) is 15.9 Å². The summed E-state index contributed by atoms with van der Waals surface area (Å²) < 4.78 is 125. The number of ketones is 4. The van der Waals surface area contributed by atoms with Crippen LogP contribution in [0.1, 0.15) is 95.8 Å². The van der Waals surface area contributed by atoms with Gasteiger partial charge in [0.25, 0.3) is 0 Å². The highest BCUT2D eigenvalue weighted by Crippen LogP contribution is 2.30. The maximum atomic E-state index is 12.7. The molecule has 0 aliphatic carbocycles. The summed E-state index contributed by atoms with van der Waals surface area (Å²) in [5.74, 6) is -2.56. The first-order valence-corrected chi connectivity index (χ1v) is 41.1. The van der Waals surface area contributed by atoms with E-state index in [1.54, 1.807) is 94.7 Å². The van der Waals surface area contributed by atoms with Crippen molar-refractivity contribution in [1.29, 1.82) is 0 Å². The molecule has 0 radical (unpaired) electrons. The normalized spacial score (nSPS) is 15.5. The van der Waals surface area contributed by atoms with Gasteiger partial charge in [0.1, 0.15) is 5.75 Å². The molecule has 11 aromatic rings. The van der Waals surface area contributed by atoms with Crippen LogP contribution in [-0.2, 0) is 40.4 Å². The number of ether oxygens (including phenoxy) is 1. The number of oxazole rings is 4. The lowest BCUT2D eigenvalue weighted by atomic mass is 10.1. The lowest BCUT2D eigenvalue weighted by molar-refractivity contribution is -0.274. The van der Waals surface area contributed by atoms with Crippen LogP contribution in [0.15, 0.2) is 182 Å². The van der Waals surface area contributed by atoms with Crippen LogP contribution in [0.5, 0.6) is 5.75 Å². The number of sulfonamides is 1. The summed E-state index contributed by atoms with van der Waals surface area (Å²) in [5, 5.41) is 6.67. The minimum Gasteiger partial charge on any atom is -0.408 e. The van der Waals surface area contributed by atoms with Crippen molar-refractivity contribution in [3.63, 3.8) is 0 Å². The standard InChI is InChI=1S/C24H24F3N3O4.C23H23F3N4O5.C22H24ClN3O5S.C14H17N3O3/c25-24(26,27)18-5-1-16(2-6-18)3-8-22(32)30-13-11-29(12-14-30)10-9-20(31)17-4-7-19-21(15-17)34-23(33)28-19;24-23(25,26)35-17-4-1-15(2-5-17)14-27-21(32)30-11-9-29(10-12-30)8-7-19(31)16-3-6-18-20(13-16)34-22(33)28-18;23-18-4-1-16(2-5-18)8-14-32(29,30)26-12-10-25(11-13-26)9-7-20(27)17-3-6-19-21(15-17)31-22(28)24-19;18-12(3-6-17-7-4-15-5-8-17)10-1-2-11-13(9-10)20-14(19)16-11/h1-2,4-7,15H,3,8-14H2,(H,28,33);1-6,13H,7-12,14H2,(H,27,32)(H,28,33);1-6,15H,7-14H2,(H,24,28);1-2,9,15H,3-8H2,(H,16,19). The topological polar surface area (TPSA) is 377 Å². The lowest BCUT2D eigenvalue weighted by Crippen LogP contribution is -2.51. The first-order valence-electron chi connectivity index (χ1n) is 39.2. The number of nitrogens with one attached hydrogen (secondary N) is 6. The van der Waals surface area contributed by atoms with Crippen molar-refractivity contribution in [1.82, 2.24) is 64.3 Å². The largest absolute Gasteiger partial charge is 0.573 e. The van der Waals surface area contributed by atoms with E-state index in [1.807, 2.05) is 12.1 Å². The molecule has 30 nitrogen and oxygen atoms in total. The molecule has 4 saturated heterocycles. The Balaban J connectivity index is 0.000000150. The number of fused-ring (bicyclic) bond motifs is 4. The number of benzene rings is 7. The average Bonchev–Trinajstić information content (AvgIpc) is 1.67. The molecule has 3 amide bonds. The van der Waals surface area contributed by atoms with E-state index in [4.69, 9.17) is 29.3 Å². The van der Waals surface area contributed by atoms with Gasteiger partial charge in [-0.15, -0.1) is 13.2 Å². The van der Waals surface area contributed by atoms with Crippen LogP contribution in [0.25, 0.3) is 44.4 Å². The summed E-state index contributed by atoms with van der Waals surface area (Å²) in [4.78, 5) is 142. The molecular formula is C83H88ClF6N13O17S. The van der Waals surface area contributed by atoms with Gasteiger partial charge in [-0.3, -0.25) is 53.7 Å². The molecule has 0 atom stereocenters. The second-order valence-electron chi connectivity index (χ2n) is 29.2. The minimum atomic E-state index is -4.75. The number of urea groups is 1. The smallest absolute Gasteiger partial charge is 0.408 e. The molecule has 7 aromatic carbocycles. The Bertz CT molecular complexity index is 5800. The number of H-pyrrole nitrogens is 4. The maximum Gasteiger partial charge on any atom is 0.573 e.